The van der Waals surface area contributed by atoms with Gasteiger partial charge in [0.25, 0.3) is 5.69 Å². The van der Waals surface area contributed by atoms with Gasteiger partial charge in [-0.3, -0.25) is 15.2 Å². The first kappa shape index (κ1) is 21.3. The van der Waals surface area contributed by atoms with Gasteiger partial charge in [-0.25, -0.2) is 14.3 Å². The van der Waals surface area contributed by atoms with Crippen LogP contribution in [0.15, 0.2) is 48.8 Å². The summed E-state index contributed by atoms with van der Waals surface area (Å²) in [5.74, 6) is -0.858. The van der Waals surface area contributed by atoms with Crippen LogP contribution in [-0.4, -0.2) is 50.1 Å². The molecule has 11 nitrogen and oxygen atoms in total. The van der Waals surface area contributed by atoms with Gasteiger partial charge in [0.05, 0.1) is 23.8 Å². The Morgan fingerprint density at radius 1 is 1.07 bits per heavy atom. The molecule has 0 fully saturated rings. The SMILES string of the molecule is CCOC(=O)c1ccn(-c2ccc([N+](=O)[O-])cc2)n1.CCOC(=O)c1ccn[nH]1. The van der Waals surface area contributed by atoms with Crippen LogP contribution >= 0.6 is 0 Å². The van der Waals surface area contributed by atoms with E-state index in [1.54, 1.807) is 38.2 Å². The molecule has 11 heteroatoms. The average molecular weight is 401 g/mol. The van der Waals surface area contributed by atoms with Crippen LogP contribution < -0.4 is 0 Å². The van der Waals surface area contributed by atoms with Gasteiger partial charge in [-0.2, -0.15) is 10.2 Å². The molecule has 2 heterocycles. The first-order chi connectivity index (χ1) is 14.0. The lowest BCUT2D eigenvalue weighted by Gasteiger charge is -2.00. The number of esters is 2. The third-order valence-electron chi connectivity index (χ3n) is 3.39. The zero-order chi connectivity index (χ0) is 21.2. The molecule has 0 atom stereocenters. The zero-order valence-corrected chi connectivity index (χ0v) is 15.8. The molecule has 29 heavy (non-hydrogen) atoms. The monoisotopic (exact) mass is 401 g/mol. The van der Waals surface area contributed by atoms with E-state index in [2.05, 4.69) is 20.0 Å². The number of nitrogens with zero attached hydrogens (tertiary/aromatic N) is 4. The third-order valence-corrected chi connectivity index (χ3v) is 3.39. The number of nitro groups is 1. The van der Waals surface area contributed by atoms with Crippen molar-refractivity contribution in [2.75, 3.05) is 13.2 Å². The Labute approximate surface area is 165 Å². The number of nitro benzene ring substituents is 1. The van der Waals surface area contributed by atoms with Crippen LogP contribution in [-0.2, 0) is 9.47 Å². The van der Waals surface area contributed by atoms with Crippen LogP contribution in [0, 0.1) is 10.1 Å². The first-order valence-electron chi connectivity index (χ1n) is 8.60. The molecule has 0 aliphatic rings. The van der Waals surface area contributed by atoms with E-state index < -0.39 is 10.9 Å². The fourth-order valence-corrected chi connectivity index (χ4v) is 2.09. The van der Waals surface area contributed by atoms with E-state index in [1.807, 2.05) is 0 Å². The Kier molecular flexibility index (Phi) is 7.59. The van der Waals surface area contributed by atoms with Gasteiger partial charge in [0, 0.05) is 24.5 Å². The Morgan fingerprint density at radius 3 is 2.28 bits per heavy atom. The number of ether oxygens (including phenoxy) is 2. The number of carbonyl (C=O) groups is 2. The minimum atomic E-state index is -0.497. The predicted molar refractivity (Wildman–Crippen MR) is 101 cm³/mol. The smallest absolute Gasteiger partial charge is 0.358 e. The second-order valence-corrected chi connectivity index (χ2v) is 5.33. The molecule has 2 aromatic heterocycles. The topological polar surface area (TPSA) is 142 Å². The lowest BCUT2D eigenvalue weighted by Crippen LogP contribution is -2.06. The van der Waals surface area contributed by atoms with E-state index >= 15 is 0 Å². The van der Waals surface area contributed by atoms with Crippen molar-refractivity contribution in [1.82, 2.24) is 20.0 Å². The molecule has 0 aliphatic carbocycles. The molecule has 0 amide bonds. The van der Waals surface area contributed by atoms with Crippen molar-refractivity contribution in [3.8, 4) is 5.69 Å². The summed E-state index contributed by atoms with van der Waals surface area (Å²) in [5, 5.41) is 20.7. The van der Waals surface area contributed by atoms with E-state index in [4.69, 9.17) is 4.74 Å². The maximum Gasteiger partial charge on any atom is 0.358 e. The number of aromatic nitrogens is 4. The number of H-pyrrole nitrogens is 1. The van der Waals surface area contributed by atoms with Gasteiger partial charge in [-0.1, -0.05) is 0 Å². The first-order valence-corrected chi connectivity index (χ1v) is 8.60. The number of hydrogen-bond donors (Lipinski definition) is 1. The quantitative estimate of drug-likeness (QED) is 0.377. The molecule has 0 saturated carbocycles. The van der Waals surface area contributed by atoms with Crippen molar-refractivity contribution in [2.24, 2.45) is 0 Å². The molecule has 3 aromatic rings. The van der Waals surface area contributed by atoms with E-state index in [1.165, 1.54) is 29.1 Å². The highest BCUT2D eigenvalue weighted by Gasteiger charge is 2.11. The van der Waals surface area contributed by atoms with E-state index in [0.717, 1.165) is 0 Å². The lowest BCUT2D eigenvalue weighted by molar-refractivity contribution is -0.384. The lowest BCUT2D eigenvalue weighted by atomic mass is 10.3. The van der Waals surface area contributed by atoms with Crippen molar-refractivity contribution in [3.05, 3.63) is 70.3 Å². The number of benzene rings is 1. The molecular weight excluding hydrogens is 382 g/mol. The van der Waals surface area contributed by atoms with Crippen LogP contribution in [0.1, 0.15) is 34.8 Å². The van der Waals surface area contributed by atoms with Crippen molar-refractivity contribution in [1.29, 1.82) is 0 Å². The molecule has 152 valence electrons. The van der Waals surface area contributed by atoms with Crippen molar-refractivity contribution < 1.29 is 24.0 Å². The van der Waals surface area contributed by atoms with Gasteiger partial charge >= 0.3 is 11.9 Å². The molecular formula is C18H19N5O6. The minimum absolute atomic E-state index is 0.00141. The van der Waals surface area contributed by atoms with Crippen LogP contribution in [0.2, 0.25) is 0 Å². The molecule has 0 radical (unpaired) electrons. The van der Waals surface area contributed by atoms with Crippen molar-refractivity contribution >= 4 is 17.6 Å². The summed E-state index contributed by atoms with van der Waals surface area (Å²) in [7, 11) is 0. The minimum Gasteiger partial charge on any atom is -0.461 e. The normalized spacial score (nSPS) is 9.86. The summed E-state index contributed by atoms with van der Waals surface area (Å²) in [6.07, 6.45) is 3.10. The maximum atomic E-state index is 11.4. The molecule has 0 spiro atoms. The second kappa shape index (κ2) is 10.3. The fourth-order valence-electron chi connectivity index (χ4n) is 2.09. The number of non-ortho nitro benzene ring substituents is 1. The van der Waals surface area contributed by atoms with Crippen LogP contribution in [0.25, 0.3) is 5.69 Å². The maximum absolute atomic E-state index is 11.4. The van der Waals surface area contributed by atoms with Crippen molar-refractivity contribution in [2.45, 2.75) is 13.8 Å². The number of carbonyl (C=O) groups excluding carboxylic acids is 2. The van der Waals surface area contributed by atoms with Crippen LogP contribution in [0.3, 0.4) is 0 Å². The van der Waals surface area contributed by atoms with Gasteiger partial charge < -0.3 is 9.47 Å². The Balaban J connectivity index is 0.000000253. The summed E-state index contributed by atoms with van der Waals surface area (Å²) in [5.41, 5.74) is 1.21. The van der Waals surface area contributed by atoms with Gasteiger partial charge in [0.1, 0.15) is 5.69 Å². The summed E-state index contributed by atoms with van der Waals surface area (Å²) >= 11 is 0. The van der Waals surface area contributed by atoms with Gasteiger partial charge in [0.2, 0.25) is 0 Å². The predicted octanol–water partition coefficient (Wildman–Crippen LogP) is 2.54. The number of nitrogens with one attached hydrogen (secondary N) is 1. The highest BCUT2D eigenvalue weighted by molar-refractivity contribution is 5.87. The number of aromatic amines is 1. The van der Waals surface area contributed by atoms with E-state index in [0.29, 0.717) is 18.0 Å². The van der Waals surface area contributed by atoms with Gasteiger partial charge in [-0.05, 0) is 38.1 Å². The average Bonchev–Trinajstić information content (AvgIpc) is 3.41. The Bertz CT molecular complexity index is 950. The Hall–Kier alpha value is -4.02. The summed E-state index contributed by atoms with van der Waals surface area (Å²) in [4.78, 5) is 32.3. The number of hydrogen-bond acceptors (Lipinski definition) is 8. The van der Waals surface area contributed by atoms with Gasteiger partial charge in [-0.15, -0.1) is 0 Å². The largest absolute Gasteiger partial charge is 0.461 e. The van der Waals surface area contributed by atoms with Crippen LogP contribution in [0.4, 0.5) is 5.69 Å². The molecule has 1 aromatic carbocycles. The number of rotatable bonds is 6. The van der Waals surface area contributed by atoms with E-state index in [9.17, 15) is 19.7 Å². The van der Waals surface area contributed by atoms with Crippen LogP contribution in [0.5, 0.6) is 0 Å². The summed E-state index contributed by atoms with van der Waals surface area (Å²) in [6, 6.07) is 8.96. The van der Waals surface area contributed by atoms with E-state index in [-0.39, 0.29) is 24.0 Å². The summed E-state index contributed by atoms with van der Waals surface area (Å²) < 4.78 is 11.0. The fraction of sp³-hybridized carbons (Fsp3) is 0.222. The molecule has 0 bridgehead atoms. The molecule has 0 saturated heterocycles. The molecule has 3 rings (SSSR count). The molecule has 0 unspecified atom stereocenters. The zero-order valence-electron chi connectivity index (χ0n) is 15.8. The van der Waals surface area contributed by atoms with Crippen molar-refractivity contribution in [3.63, 3.8) is 0 Å². The standard InChI is InChI=1S/C12H11N3O4.C6H8N2O2/c1-2-19-12(16)11-7-8-14(13-11)9-3-5-10(6-4-9)15(17)18;1-2-10-6(9)5-3-4-7-8-5/h3-8H,2H2,1H3;3-4H,2H2,1H3,(H,7,8). The highest BCUT2D eigenvalue weighted by atomic mass is 16.6. The third kappa shape index (κ3) is 5.99. The summed E-state index contributed by atoms with van der Waals surface area (Å²) in [6.45, 7) is 4.14. The van der Waals surface area contributed by atoms with Gasteiger partial charge in [0.15, 0.2) is 5.69 Å². The highest BCUT2D eigenvalue weighted by Crippen LogP contribution is 2.15. The molecule has 1 N–H and O–H groups in total. The molecule has 0 aliphatic heterocycles. The Morgan fingerprint density at radius 2 is 1.72 bits per heavy atom. The second-order valence-electron chi connectivity index (χ2n) is 5.33.